The molecule has 2 atom stereocenters. The molecular formula is C7H13NO2. The van der Waals surface area contributed by atoms with Gasteiger partial charge in [0.1, 0.15) is 5.54 Å². The van der Waals surface area contributed by atoms with Crippen LogP contribution in [-0.2, 0) is 9.53 Å². The van der Waals surface area contributed by atoms with Crippen LogP contribution in [0.3, 0.4) is 0 Å². The fourth-order valence-corrected chi connectivity index (χ4v) is 1.50. The fraction of sp³-hybridized carbons (Fsp3) is 0.857. The van der Waals surface area contributed by atoms with Crippen LogP contribution in [0.1, 0.15) is 20.3 Å². The van der Waals surface area contributed by atoms with Crippen LogP contribution in [0.15, 0.2) is 0 Å². The fourth-order valence-electron chi connectivity index (χ4n) is 1.50. The molecule has 3 heteroatoms. The normalized spacial score (nSPS) is 38.5. The van der Waals surface area contributed by atoms with E-state index in [0.29, 0.717) is 6.04 Å². The molecule has 1 aliphatic rings. The van der Waals surface area contributed by atoms with Crippen molar-refractivity contribution in [2.45, 2.75) is 31.8 Å². The lowest BCUT2D eigenvalue weighted by Gasteiger charge is -2.42. The Kier molecular flexibility index (Phi) is 1.68. The van der Waals surface area contributed by atoms with E-state index in [4.69, 9.17) is 0 Å². The number of nitrogens with one attached hydrogen (secondary N) is 1. The maximum Gasteiger partial charge on any atom is 0.325 e. The lowest BCUT2D eigenvalue weighted by molar-refractivity contribution is -0.152. The molecule has 0 bridgehead atoms. The SMILES string of the molecule is COC(=O)C1(C)C[C@@H](C)N1. The van der Waals surface area contributed by atoms with Crippen LogP contribution in [-0.4, -0.2) is 24.7 Å². The van der Waals surface area contributed by atoms with E-state index in [9.17, 15) is 4.79 Å². The molecule has 0 aliphatic carbocycles. The lowest BCUT2D eigenvalue weighted by Crippen LogP contribution is -2.65. The molecule has 0 aromatic carbocycles. The molecule has 1 unspecified atom stereocenters. The number of hydrogen-bond donors (Lipinski definition) is 1. The summed E-state index contributed by atoms with van der Waals surface area (Å²) in [5.74, 6) is -0.161. The van der Waals surface area contributed by atoms with Crippen molar-refractivity contribution in [3.63, 3.8) is 0 Å². The van der Waals surface area contributed by atoms with E-state index in [0.717, 1.165) is 6.42 Å². The van der Waals surface area contributed by atoms with Crippen molar-refractivity contribution < 1.29 is 9.53 Å². The Morgan fingerprint density at radius 2 is 2.30 bits per heavy atom. The van der Waals surface area contributed by atoms with Gasteiger partial charge in [-0.05, 0) is 20.3 Å². The van der Waals surface area contributed by atoms with Crippen molar-refractivity contribution in [2.75, 3.05) is 7.11 Å². The first kappa shape index (κ1) is 7.54. The number of carbonyl (C=O) groups excluding carboxylic acids is 1. The lowest BCUT2D eigenvalue weighted by atomic mass is 9.84. The largest absolute Gasteiger partial charge is 0.468 e. The Morgan fingerprint density at radius 1 is 1.80 bits per heavy atom. The van der Waals surface area contributed by atoms with Crippen molar-refractivity contribution >= 4 is 5.97 Å². The predicted octanol–water partition coefficient (Wildman–Crippen LogP) is 0.300. The van der Waals surface area contributed by atoms with Crippen LogP contribution in [0, 0.1) is 0 Å². The molecule has 0 aromatic heterocycles. The van der Waals surface area contributed by atoms with E-state index in [1.165, 1.54) is 7.11 Å². The average molecular weight is 143 g/mol. The molecule has 0 spiro atoms. The summed E-state index contributed by atoms with van der Waals surface area (Å²) in [4.78, 5) is 11.0. The van der Waals surface area contributed by atoms with Crippen LogP contribution >= 0.6 is 0 Å². The zero-order chi connectivity index (χ0) is 7.78. The Balaban J connectivity index is 2.48. The summed E-state index contributed by atoms with van der Waals surface area (Å²) in [6.07, 6.45) is 0.875. The van der Waals surface area contributed by atoms with Gasteiger partial charge in [-0.25, -0.2) is 0 Å². The second-order valence-corrected chi connectivity index (χ2v) is 3.07. The summed E-state index contributed by atoms with van der Waals surface area (Å²) >= 11 is 0. The first-order valence-electron chi connectivity index (χ1n) is 3.44. The third-order valence-corrected chi connectivity index (χ3v) is 1.92. The highest BCUT2D eigenvalue weighted by molar-refractivity contribution is 5.81. The number of esters is 1. The second kappa shape index (κ2) is 2.23. The third-order valence-electron chi connectivity index (χ3n) is 1.92. The van der Waals surface area contributed by atoms with Crippen LogP contribution in [0.4, 0.5) is 0 Å². The molecule has 1 heterocycles. The first-order chi connectivity index (χ1) is 4.58. The Labute approximate surface area is 60.7 Å². The smallest absolute Gasteiger partial charge is 0.325 e. The second-order valence-electron chi connectivity index (χ2n) is 3.07. The van der Waals surface area contributed by atoms with Gasteiger partial charge in [0.05, 0.1) is 7.11 Å². The molecule has 1 fully saturated rings. The van der Waals surface area contributed by atoms with Gasteiger partial charge in [-0.3, -0.25) is 10.1 Å². The maximum atomic E-state index is 11.0. The van der Waals surface area contributed by atoms with Crippen molar-refractivity contribution in [2.24, 2.45) is 0 Å². The highest BCUT2D eigenvalue weighted by atomic mass is 16.5. The highest BCUT2D eigenvalue weighted by Crippen LogP contribution is 2.24. The summed E-state index contributed by atoms with van der Waals surface area (Å²) in [6.45, 7) is 3.91. The topological polar surface area (TPSA) is 38.3 Å². The van der Waals surface area contributed by atoms with Crippen LogP contribution in [0.2, 0.25) is 0 Å². The van der Waals surface area contributed by atoms with E-state index < -0.39 is 5.54 Å². The van der Waals surface area contributed by atoms with Gasteiger partial charge < -0.3 is 4.74 Å². The van der Waals surface area contributed by atoms with Gasteiger partial charge in [-0.15, -0.1) is 0 Å². The van der Waals surface area contributed by atoms with Gasteiger partial charge in [0.25, 0.3) is 0 Å². The van der Waals surface area contributed by atoms with Crippen molar-refractivity contribution in [1.29, 1.82) is 0 Å². The number of ether oxygens (including phenoxy) is 1. The summed E-state index contributed by atoms with van der Waals surface area (Å²) in [5.41, 5.74) is -0.409. The average Bonchev–Trinajstić information content (AvgIpc) is 1.83. The van der Waals surface area contributed by atoms with Crippen molar-refractivity contribution in [3.8, 4) is 0 Å². The molecule has 1 N–H and O–H groups in total. The standard InChI is InChI=1S/C7H13NO2/c1-5-4-7(2,8-5)6(9)10-3/h5,8H,4H2,1-3H3/t5-,7?/m1/s1. The molecule has 0 saturated carbocycles. The summed E-state index contributed by atoms with van der Waals surface area (Å²) in [6, 6.07) is 0.448. The number of rotatable bonds is 1. The predicted molar refractivity (Wildman–Crippen MR) is 37.6 cm³/mol. The molecule has 1 aliphatic heterocycles. The minimum Gasteiger partial charge on any atom is -0.468 e. The molecule has 10 heavy (non-hydrogen) atoms. The first-order valence-corrected chi connectivity index (χ1v) is 3.44. The van der Waals surface area contributed by atoms with E-state index >= 15 is 0 Å². The van der Waals surface area contributed by atoms with E-state index in [2.05, 4.69) is 10.1 Å². The molecule has 0 radical (unpaired) electrons. The third kappa shape index (κ3) is 1.01. The zero-order valence-corrected chi connectivity index (χ0v) is 6.60. The highest BCUT2D eigenvalue weighted by Gasteiger charge is 2.44. The Morgan fingerprint density at radius 3 is 2.60 bits per heavy atom. The minimum absolute atomic E-state index is 0.161. The summed E-state index contributed by atoms with van der Waals surface area (Å²) in [7, 11) is 1.41. The zero-order valence-electron chi connectivity index (χ0n) is 6.60. The molecule has 3 nitrogen and oxygen atoms in total. The molecular weight excluding hydrogens is 130 g/mol. The Hall–Kier alpha value is -0.570. The van der Waals surface area contributed by atoms with Gasteiger partial charge in [0.2, 0.25) is 0 Å². The van der Waals surface area contributed by atoms with E-state index in [1.807, 2.05) is 13.8 Å². The number of hydrogen-bond acceptors (Lipinski definition) is 3. The number of methoxy groups -OCH3 is 1. The van der Waals surface area contributed by atoms with Crippen LogP contribution in [0.25, 0.3) is 0 Å². The molecule has 0 aromatic rings. The maximum absolute atomic E-state index is 11.0. The van der Waals surface area contributed by atoms with Gasteiger partial charge in [-0.1, -0.05) is 0 Å². The minimum atomic E-state index is -0.409. The van der Waals surface area contributed by atoms with Crippen LogP contribution < -0.4 is 5.32 Å². The Bertz CT molecular complexity index is 150. The van der Waals surface area contributed by atoms with Crippen molar-refractivity contribution in [3.05, 3.63) is 0 Å². The van der Waals surface area contributed by atoms with Gasteiger partial charge in [0, 0.05) is 6.04 Å². The molecule has 58 valence electrons. The van der Waals surface area contributed by atoms with Gasteiger partial charge in [0.15, 0.2) is 0 Å². The molecule has 1 saturated heterocycles. The molecule has 0 amide bonds. The van der Waals surface area contributed by atoms with Crippen LogP contribution in [0.5, 0.6) is 0 Å². The summed E-state index contributed by atoms with van der Waals surface area (Å²) in [5, 5.41) is 3.10. The summed E-state index contributed by atoms with van der Waals surface area (Å²) < 4.78 is 4.60. The number of carbonyl (C=O) groups is 1. The van der Waals surface area contributed by atoms with Crippen molar-refractivity contribution in [1.82, 2.24) is 5.32 Å². The van der Waals surface area contributed by atoms with Gasteiger partial charge >= 0.3 is 5.97 Å². The van der Waals surface area contributed by atoms with E-state index in [1.54, 1.807) is 0 Å². The van der Waals surface area contributed by atoms with Gasteiger partial charge in [-0.2, -0.15) is 0 Å². The monoisotopic (exact) mass is 143 g/mol. The van der Waals surface area contributed by atoms with E-state index in [-0.39, 0.29) is 5.97 Å². The quantitative estimate of drug-likeness (QED) is 0.536. The molecule has 1 rings (SSSR count).